The fraction of sp³-hybridized carbons (Fsp3) is 0.333. The average molecular weight is 301 g/mol. The Labute approximate surface area is 127 Å². The molecule has 0 radical (unpaired) electrons. The number of fused-ring (bicyclic) bond motifs is 4. The Morgan fingerprint density at radius 1 is 1.48 bits per heavy atom. The van der Waals surface area contributed by atoms with Gasteiger partial charge in [0.15, 0.2) is 5.11 Å². The second-order valence-corrected chi connectivity index (χ2v) is 5.89. The minimum Gasteiger partial charge on any atom is -0.508 e. The van der Waals surface area contributed by atoms with Crippen LogP contribution in [0, 0.1) is 0 Å². The molecule has 4 rings (SSSR count). The highest BCUT2D eigenvalue weighted by molar-refractivity contribution is 7.80. The molecule has 1 fully saturated rings. The number of nitrogens with zero attached hydrogens (tertiary/aromatic N) is 2. The molecule has 2 N–H and O–H groups in total. The van der Waals surface area contributed by atoms with Gasteiger partial charge in [0.1, 0.15) is 11.8 Å². The molecule has 108 valence electrons. The Hall–Kier alpha value is -2.08. The summed E-state index contributed by atoms with van der Waals surface area (Å²) in [7, 11) is 0. The Bertz CT molecular complexity index is 783. The summed E-state index contributed by atoms with van der Waals surface area (Å²) in [5.74, 6) is 0.331. The molecular formula is C15H15N3O2S. The van der Waals surface area contributed by atoms with Crippen LogP contribution in [0.3, 0.4) is 0 Å². The van der Waals surface area contributed by atoms with E-state index in [0.29, 0.717) is 24.6 Å². The number of carbonyl (C=O) groups is 1. The molecule has 1 unspecified atom stereocenters. The molecule has 1 aromatic heterocycles. The lowest BCUT2D eigenvalue weighted by Gasteiger charge is -2.28. The minimum absolute atomic E-state index is 0.0858. The maximum absolute atomic E-state index is 12.5. The SMILES string of the molecule is CCN1C(=O)C2Cc3c([nH]c4ccc(O)cc34)CN2C1=S. The van der Waals surface area contributed by atoms with Gasteiger partial charge in [0.05, 0.1) is 6.54 Å². The predicted octanol–water partition coefficient (Wildman–Crippen LogP) is 1.75. The standard InChI is InChI=1S/C15H15N3O2S/c1-2-17-14(20)13-6-10-9-5-8(19)3-4-11(9)16-12(10)7-18(13)15(17)21/h3-5,13,16,19H,2,6-7H2,1H3. The van der Waals surface area contributed by atoms with Gasteiger partial charge in [0.25, 0.3) is 5.91 Å². The number of hydrogen-bond acceptors (Lipinski definition) is 3. The van der Waals surface area contributed by atoms with Gasteiger partial charge in [-0.3, -0.25) is 9.69 Å². The molecule has 2 aliphatic heterocycles. The van der Waals surface area contributed by atoms with Crippen LogP contribution in [0.25, 0.3) is 10.9 Å². The summed E-state index contributed by atoms with van der Waals surface area (Å²) in [6, 6.07) is 5.09. The first kappa shape index (κ1) is 12.6. The zero-order valence-electron chi connectivity index (χ0n) is 11.6. The number of hydrogen-bond donors (Lipinski definition) is 2. The number of aromatic hydroxyl groups is 1. The van der Waals surface area contributed by atoms with Crippen molar-refractivity contribution in [1.82, 2.24) is 14.8 Å². The molecule has 0 bridgehead atoms. The first-order valence-corrected chi connectivity index (χ1v) is 7.45. The van der Waals surface area contributed by atoms with E-state index >= 15 is 0 Å². The van der Waals surface area contributed by atoms with Crippen LogP contribution in [0.1, 0.15) is 18.2 Å². The van der Waals surface area contributed by atoms with Crippen LogP contribution >= 0.6 is 12.2 Å². The third-order valence-electron chi connectivity index (χ3n) is 4.42. The van der Waals surface area contributed by atoms with Gasteiger partial charge in [-0.05, 0) is 42.9 Å². The van der Waals surface area contributed by atoms with E-state index in [0.717, 1.165) is 22.2 Å². The maximum Gasteiger partial charge on any atom is 0.251 e. The monoisotopic (exact) mass is 301 g/mol. The summed E-state index contributed by atoms with van der Waals surface area (Å²) >= 11 is 5.42. The molecule has 5 nitrogen and oxygen atoms in total. The highest BCUT2D eigenvalue weighted by atomic mass is 32.1. The number of amides is 1. The van der Waals surface area contributed by atoms with Crippen molar-refractivity contribution in [1.29, 1.82) is 0 Å². The van der Waals surface area contributed by atoms with Crippen molar-refractivity contribution in [3.8, 4) is 5.75 Å². The summed E-state index contributed by atoms with van der Waals surface area (Å²) in [4.78, 5) is 19.5. The molecule has 0 spiro atoms. The number of H-pyrrole nitrogens is 1. The van der Waals surface area contributed by atoms with E-state index < -0.39 is 0 Å². The van der Waals surface area contributed by atoms with Crippen molar-refractivity contribution in [3.63, 3.8) is 0 Å². The number of nitrogens with one attached hydrogen (secondary N) is 1. The average Bonchev–Trinajstić information content (AvgIpc) is 2.93. The smallest absolute Gasteiger partial charge is 0.251 e. The lowest BCUT2D eigenvalue weighted by Crippen LogP contribution is -2.39. The Morgan fingerprint density at radius 3 is 3.05 bits per heavy atom. The van der Waals surface area contributed by atoms with Gasteiger partial charge in [-0.15, -0.1) is 0 Å². The van der Waals surface area contributed by atoms with E-state index in [1.807, 2.05) is 17.9 Å². The summed E-state index contributed by atoms with van der Waals surface area (Å²) in [6.07, 6.45) is 0.633. The Kier molecular flexibility index (Phi) is 2.53. The molecule has 21 heavy (non-hydrogen) atoms. The van der Waals surface area contributed by atoms with E-state index in [-0.39, 0.29) is 17.7 Å². The van der Waals surface area contributed by atoms with Crippen LogP contribution in [-0.2, 0) is 17.8 Å². The maximum atomic E-state index is 12.5. The van der Waals surface area contributed by atoms with E-state index in [4.69, 9.17) is 12.2 Å². The molecule has 1 atom stereocenters. The largest absolute Gasteiger partial charge is 0.508 e. The minimum atomic E-state index is -0.203. The molecule has 0 saturated carbocycles. The highest BCUT2D eigenvalue weighted by Gasteiger charge is 2.44. The van der Waals surface area contributed by atoms with E-state index in [1.165, 1.54) is 0 Å². The van der Waals surface area contributed by atoms with Crippen LogP contribution in [0.4, 0.5) is 0 Å². The van der Waals surface area contributed by atoms with Crippen LogP contribution in [0.5, 0.6) is 5.75 Å². The third kappa shape index (κ3) is 1.62. The van der Waals surface area contributed by atoms with Crippen LogP contribution < -0.4 is 0 Å². The topological polar surface area (TPSA) is 59.6 Å². The van der Waals surface area contributed by atoms with Gasteiger partial charge >= 0.3 is 0 Å². The number of phenolic OH excluding ortho intramolecular Hbond substituents is 1. The number of aromatic nitrogens is 1. The molecule has 0 aliphatic carbocycles. The summed E-state index contributed by atoms with van der Waals surface area (Å²) in [6.45, 7) is 3.17. The van der Waals surface area contributed by atoms with Crippen molar-refractivity contribution in [3.05, 3.63) is 29.5 Å². The third-order valence-corrected chi connectivity index (χ3v) is 4.88. The van der Waals surface area contributed by atoms with Gasteiger partial charge in [-0.25, -0.2) is 0 Å². The van der Waals surface area contributed by atoms with Gasteiger partial charge in [-0.1, -0.05) is 0 Å². The molecule has 3 heterocycles. The molecule has 2 aliphatic rings. The first-order chi connectivity index (χ1) is 10.1. The molecule has 2 aromatic rings. The second-order valence-electron chi connectivity index (χ2n) is 5.52. The van der Waals surface area contributed by atoms with Gasteiger partial charge in [-0.2, -0.15) is 0 Å². The van der Waals surface area contributed by atoms with Crippen molar-refractivity contribution < 1.29 is 9.90 Å². The lowest BCUT2D eigenvalue weighted by atomic mass is 9.97. The number of thiocarbonyl (C=S) groups is 1. The number of carbonyl (C=O) groups excluding carboxylic acids is 1. The lowest BCUT2D eigenvalue weighted by molar-refractivity contribution is -0.128. The van der Waals surface area contributed by atoms with E-state index in [9.17, 15) is 9.90 Å². The number of likely N-dealkylation sites (N-methyl/N-ethyl adjacent to an activating group) is 1. The first-order valence-electron chi connectivity index (χ1n) is 7.04. The van der Waals surface area contributed by atoms with Crippen LogP contribution in [0.15, 0.2) is 18.2 Å². The van der Waals surface area contributed by atoms with Gasteiger partial charge < -0.3 is 15.0 Å². The molecule has 1 saturated heterocycles. The van der Waals surface area contributed by atoms with Crippen molar-refractivity contribution in [2.24, 2.45) is 0 Å². The number of aromatic amines is 1. The van der Waals surface area contributed by atoms with Crippen LogP contribution in [-0.4, -0.2) is 43.5 Å². The Balaban J connectivity index is 1.82. The summed E-state index contributed by atoms with van der Waals surface area (Å²) in [5, 5.41) is 11.3. The number of phenols is 1. The second kappa shape index (κ2) is 4.21. The van der Waals surface area contributed by atoms with Gasteiger partial charge in [0, 0.05) is 29.6 Å². The summed E-state index contributed by atoms with van der Waals surface area (Å²) < 4.78 is 0. The van der Waals surface area contributed by atoms with Crippen molar-refractivity contribution in [2.45, 2.75) is 25.9 Å². The molecule has 6 heteroatoms. The van der Waals surface area contributed by atoms with E-state index in [2.05, 4.69) is 4.98 Å². The van der Waals surface area contributed by atoms with Crippen molar-refractivity contribution in [2.75, 3.05) is 6.54 Å². The zero-order valence-corrected chi connectivity index (χ0v) is 12.4. The zero-order chi connectivity index (χ0) is 14.7. The quantitative estimate of drug-likeness (QED) is 0.788. The van der Waals surface area contributed by atoms with Crippen molar-refractivity contribution >= 4 is 34.1 Å². The fourth-order valence-electron chi connectivity index (χ4n) is 3.39. The number of rotatable bonds is 1. The molecular weight excluding hydrogens is 286 g/mol. The predicted molar refractivity (Wildman–Crippen MR) is 83.0 cm³/mol. The molecule has 1 amide bonds. The highest BCUT2D eigenvalue weighted by Crippen LogP contribution is 2.35. The number of benzene rings is 1. The molecule has 1 aromatic carbocycles. The Morgan fingerprint density at radius 2 is 2.29 bits per heavy atom. The van der Waals surface area contributed by atoms with E-state index in [1.54, 1.807) is 17.0 Å². The summed E-state index contributed by atoms with van der Waals surface area (Å²) in [5.41, 5.74) is 3.20. The fourth-order valence-corrected chi connectivity index (χ4v) is 3.80. The normalized spacial score (nSPS) is 21.1. The van der Waals surface area contributed by atoms with Crippen LogP contribution in [0.2, 0.25) is 0 Å². The van der Waals surface area contributed by atoms with Gasteiger partial charge in [0.2, 0.25) is 0 Å².